The van der Waals surface area contributed by atoms with Crippen LogP contribution in [0, 0.1) is 0 Å². The molecule has 0 atom stereocenters. The van der Waals surface area contributed by atoms with Crippen LogP contribution in [-0.4, -0.2) is 16.1 Å². The summed E-state index contributed by atoms with van der Waals surface area (Å²) in [5.41, 5.74) is 1.04. The first kappa shape index (κ1) is 11.7. The third-order valence-corrected chi connectivity index (χ3v) is 3.16. The Bertz CT molecular complexity index is 496. The zero-order valence-electron chi connectivity index (χ0n) is 9.00. The highest BCUT2D eigenvalue weighted by Gasteiger charge is 2.05. The van der Waals surface area contributed by atoms with Crippen molar-refractivity contribution < 1.29 is 14.3 Å². The smallest absolute Gasteiger partial charge is 0.354 e. The number of hydrogen-bond donors (Lipinski definition) is 1. The van der Waals surface area contributed by atoms with Crippen LogP contribution in [0.25, 0.3) is 0 Å². The summed E-state index contributed by atoms with van der Waals surface area (Å²) < 4.78 is 5.21. The number of hydrogen-bond acceptors (Lipinski definition) is 4. The Labute approximate surface area is 103 Å². The molecule has 1 N–H and O–H groups in total. The van der Waals surface area contributed by atoms with E-state index in [2.05, 4.69) is 4.98 Å². The number of rotatable bonds is 5. The molecule has 0 fully saturated rings. The average Bonchev–Trinajstić information content (AvgIpc) is 2.82. The molecular formula is C12H11NO3S. The number of carboxylic acids is 1. The van der Waals surface area contributed by atoms with Gasteiger partial charge in [-0.2, -0.15) is 0 Å². The van der Waals surface area contributed by atoms with Crippen molar-refractivity contribution >= 4 is 17.7 Å². The fourth-order valence-electron chi connectivity index (χ4n) is 1.35. The van der Waals surface area contributed by atoms with E-state index >= 15 is 0 Å². The molecular weight excluding hydrogens is 238 g/mol. The average molecular weight is 249 g/mol. The summed E-state index contributed by atoms with van der Waals surface area (Å²) in [6, 6.07) is 7.19. The van der Waals surface area contributed by atoms with Gasteiger partial charge in [-0.15, -0.1) is 11.8 Å². The lowest BCUT2D eigenvalue weighted by atomic mass is 10.2. The summed E-state index contributed by atoms with van der Waals surface area (Å²) in [5.74, 6) is 1.44. The van der Waals surface area contributed by atoms with Crippen molar-refractivity contribution in [1.82, 2.24) is 4.98 Å². The summed E-state index contributed by atoms with van der Waals surface area (Å²) in [6.45, 7) is 0. The summed E-state index contributed by atoms with van der Waals surface area (Å²) in [7, 11) is 0. The fraction of sp³-hybridized carbons (Fsp3) is 0.167. The lowest BCUT2D eigenvalue weighted by Crippen LogP contribution is -2.00. The molecule has 2 aromatic rings. The van der Waals surface area contributed by atoms with Gasteiger partial charge in [0.1, 0.15) is 11.5 Å². The number of carbonyl (C=O) groups is 1. The predicted molar refractivity (Wildman–Crippen MR) is 64.9 cm³/mol. The monoisotopic (exact) mass is 249 g/mol. The van der Waals surface area contributed by atoms with Gasteiger partial charge in [0.05, 0.1) is 12.0 Å². The molecule has 2 rings (SSSR count). The Kier molecular flexibility index (Phi) is 3.82. The van der Waals surface area contributed by atoms with Crippen LogP contribution in [0.5, 0.6) is 0 Å². The molecule has 0 unspecified atom stereocenters. The van der Waals surface area contributed by atoms with Gasteiger partial charge in [-0.05, 0) is 29.8 Å². The van der Waals surface area contributed by atoms with Crippen LogP contribution >= 0.6 is 11.8 Å². The van der Waals surface area contributed by atoms with Crippen LogP contribution in [0.3, 0.4) is 0 Å². The third-order valence-electron chi connectivity index (χ3n) is 2.14. The van der Waals surface area contributed by atoms with E-state index in [4.69, 9.17) is 9.52 Å². The maximum atomic E-state index is 10.7. The van der Waals surface area contributed by atoms with Crippen molar-refractivity contribution in [2.24, 2.45) is 0 Å². The zero-order chi connectivity index (χ0) is 12.1. The van der Waals surface area contributed by atoms with E-state index < -0.39 is 5.97 Å². The van der Waals surface area contributed by atoms with Gasteiger partial charge in [0.2, 0.25) is 0 Å². The summed E-state index contributed by atoms with van der Waals surface area (Å²) in [4.78, 5) is 14.5. The molecule has 88 valence electrons. The Morgan fingerprint density at radius 2 is 2.29 bits per heavy atom. The third kappa shape index (κ3) is 3.35. The molecule has 0 spiro atoms. The first-order valence-electron chi connectivity index (χ1n) is 5.04. The maximum Gasteiger partial charge on any atom is 0.354 e. The lowest BCUT2D eigenvalue weighted by molar-refractivity contribution is 0.0690. The van der Waals surface area contributed by atoms with Gasteiger partial charge in [-0.3, -0.25) is 0 Å². The fourth-order valence-corrected chi connectivity index (χ4v) is 2.23. The molecule has 0 aliphatic rings. The van der Waals surface area contributed by atoms with Crippen molar-refractivity contribution in [2.45, 2.75) is 11.5 Å². The van der Waals surface area contributed by atoms with Crippen molar-refractivity contribution in [3.8, 4) is 0 Å². The van der Waals surface area contributed by atoms with E-state index in [0.29, 0.717) is 0 Å². The molecule has 0 saturated carbocycles. The van der Waals surface area contributed by atoms with Crippen LogP contribution < -0.4 is 0 Å². The molecule has 0 aromatic carbocycles. The molecule has 0 aliphatic carbocycles. The molecule has 2 aromatic heterocycles. The zero-order valence-corrected chi connectivity index (χ0v) is 9.81. The Morgan fingerprint density at radius 1 is 1.41 bits per heavy atom. The Morgan fingerprint density at radius 3 is 3.00 bits per heavy atom. The number of aromatic carboxylic acids is 1. The minimum Gasteiger partial charge on any atom is -0.477 e. The SMILES string of the molecule is O=C(O)c1cc(CSCc2ccco2)ccn1. The number of thioether (sulfide) groups is 1. The maximum absolute atomic E-state index is 10.7. The normalized spacial score (nSPS) is 10.4. The van der Waals surface area contributed by atoms with Gasteiger partial charge in [0.15, 0.2) is 0 Å². The van der Waals surface area contributed by atoms with E-state index in [0.717, 1.165) is 22.8 Å². The van der Waals surface area contributed by atoms with E-state index in [9.17, 15) is 4.79 Å². The Hall–Kier alpha value is -1.75. The summed E-state index contributed by atoms with van der Waals surface area (Å²) >= 11 is 1.67. The lowest BCUT2D eigenvalue weighted by Gasteiger charge is -2.01. The molecule has 0 aliphatic heterocycles. The quantitative estimate of drug-likeness (QED) is 0.882. The second-order valence-corrected chi connectivity index (χ2v) is 4.41. The number of pyridine rings is 1. The van der Waals surface area contributed by atoms with Crippen molar-refractivity contribution in [3.63, 3.8) is 0 Å². The van der Waals surface area contributed by atoms with Crippen LogP contribution in [0.15, 0.2) is 41.1 Å². The van der Waals surface area contributed by atoms with Gasteiger partial charge >= 0.3 is 5.97 Å². The van der Waals surface area contributed by atoms with Crippen LogP contribution in [0.4, 0.5) is 0 Å². The van der Waals surface area contributed by atoms with Gasteiger partial charge < -0.3 is 9.52 Å². The minimum atomic E-state index is -0.997. The first-order valence-corrected chi connectivity index (χ1v) is 6.19. The van der Waals surface area contributed by atoms with Gasteiger partial charge in [-0.25, -0.2) is 9.78 Å². The topological polar surface area (TPSA) is 63.3 Å². The predicted octanol–water partition coefficient (Wildman–Crippen LogP) is 2.81. The number of nitrogens with zero attached hydrogens (tertiary/aromatic N) is 1. The minimum absolute atomic E-state index is 0.0844. The van der Waals surface area contributed by atoms with Crippen LogP contribution in [-0.2, 0) is 11.5 Å². The molecule has 0 bridgehead atoms. The van der Waals surface area contributed by atoms with E-state index in [-0.39, 0.29) is 5.69 Å². The second kappa shape index (κ2) is 5.54. The van der Waals surface area contributed by atoms with Gasteiger partial charge in [-0.1, -0.05) is 0 Å². The van der Waals surface area contributed by atoms with Gasteiger partial charge in [0.25, 0.3) is 0 Å². The van der Waals surface area contributed by atoms with Crippen molar-refractivity contribution in [1.29, 1.82) is 0 Å². The molecule has 0 radical (unpaired) electrons. The molecule has 2 heterocycles. The van der Waals surface area contributed by atoms with Crippen LogP contribution in [0.1, 0.15) is 21.8 Å². The van der Waals surface area contributed by atoms with Crippen LogP contribution in [0.2, 0.25) is 0 Å². The van der Waals surface area contributed by atoms with E-state index in [1.807, 2.05) is 18.2 Å². The molecule has 5 heteroatoms. The largest absolute Gasteiger partial charge is 0.477 e. The highest BCUT2D eigenvalue weighted by molar-refractivity contribution is 7.97. The standard InChI is InChI=1S/C12H11NO3S/c14-12(15)11-6-9(3-4-13-11)7-17-8-10-2-1-5-16-10/h1-6H,7-8H2,(H,14,15). The number of carboxylic acid groups (broad SMARTS) is 1. The van der Waals surface area contributed by atoms with Crippen molar-refractivity contribution in [3.05, 3.63) is 53.7 Å². The second-order valence-electron chi connectivity index (χ2n) is 3.43. The molecule has 0 amide bonds. The molecule has 4 nitrogen and oxygen atoms in total. The molecule has 0 saturated heterocycles. The first-order chi connectivity index (χ1) is 8.25. The number of aromatic nitrogens is 1. The Balaban J connectivity index is 1.90. The van der Waals surface area contributed by atoms with E-state index in [1.54, 1.807) is 24.1 Å². The summed E-state index contributed by atoms with van der Waals surface area (Å²) in [6.07, 6.45) is 3.16. The van der Waals surface area contributed by atoms with Crippen molar-refractivity contribution in [2.75, 3.05) is 0 Å². The molecule has 17 heavy (non-hydrogen) atoms. The highest BCUT2D eigenvalue weighted by atomic mass is 32.2. The van der Waals surface area contributed by atoms with Gasteiger partial charge in [0, 0.05) is 11.9 Å². The highest BCUT2D eigenvalue weighted by Crippen LogP contribution is 2.18. The summed E-state index contributed by atoms with van der Waals surface area (Å²) in [5, 5.41) is 8.80. The number of furan rings is 1. The van der Waals surface area contributed by atoms with E-state index in [1.165, 1.54) is 6.20 Å².